The van der Waals surface area contributed by atoms with E-state index in [0.717, 1.165) is 0 Å². The van der Waals surface area contributed by atoms with Gasteiger partial charge in [-0.2, -0.15) is 0 Å². The lowest BCUT2D eigenvalue weighted by atomic mass is 9.51. The van der Waals surface area contributed by atoms with E-state index in [2.05, 4.69) is 0 Å². The summed E-state index contributed by atoms with van der Waals surface area (Å²) in [5.41, 5.74) is -0.632. The fraction of sp³-hybridized carbons (Fsp3) is 0.875. The molecule has 2 saturated carbocycles. The first-order chi connectivity index (χ1) is 9.92. The average molecular weight is 316 g/mol. The van der Waals surface area contributed by atoms with Gasteiger partial charge < -0.3 is 20.4 Å². The van der Waals surface area contributed by atoms with E-state index in [0.29, 0.717) is 25.7 Å². The number of rotatable bonds is 2. The molecule has 2 rings (SSSR count). The van der Waals surface area contributed by atoms with Gasteiger partial charge in [0.25, 0.3) is 0 Å². The quantitative estimate of drug-likeness (QED) is 0.617. The summed E-state index contributed by atoms with van der Waals surface area (Å²) in [6.45, 7) is 7.53. The van der Waals surface area contributed by atoms with Gasteiger partial charge in [0.05, 0.1) is 24.0 Å². The van der Waals surface area contributed by atoms with Crippen LogP contribution in [0, 0.1) is 22.7 Å². The fourth-order valence-electron chi connectivity index (χ4n) is 3.71. The van der Waals surface area contributed by atoms with Crippen LogP contribution in [0.25, 0.3) is 0 Å². The molecule has 0 saturated heterocycles. The summed E-state index contributed by atoms with van der Waals surface area (Å²) in [4.78, 5) is 21.0. The van der Waals surface area contributed by atoms with Crippen LogP contribution in [-0.4, -0.2) is 44.6 Å². The second-order valence-electron chi connectivity index (χ2n) is 7.67. The number of aliphatic carboxylic acids is 2. The third-order valence-corrected chi connectivity index (χ3v) is 5.24. The molecule has 0 spiro atoms. The minimum atomic E-state index is -0.793. The minimum absolute atomic E-state index is 0.316. The van der Waals surface area contributed by atoms with Crippen LogP contribution in [0.5, 0.6) is 0 Å². The summed E-state index contributed by atoms with van der Waals surface area (Å²) >= 11 is 0. The van der Waals surface area contributed by atoms with Gasteiger partial charge in [0.1, 0.15) is 0 Å². The molecule has 2 fully saturated rings. The highest BCUT2D eigenvalue weighted by Crippen LogP contribution is 2.53. The van der Waals surface area contributed by atoms with Gasteiger partial charge >= 0.3 is 11.9 Å². The first-order valence-corrected chi connectivity index (χ1v) is 7.74. The molecule has 0 unspecified atom stereocenters. The van der Waals surface area contributed by atoms with Crippen LogP contribution in [0.4, 0.5) is 0 Å². The first-order valence-electron chi connectivity index (χ1n) is 7.74. The second-order valence-corrected chi connectivity index (χ2v) is 7.67. The van der Waals surface area contributed by atoms with Gasteiger partial charge in [0, 0.05) is 10.8 Å². The van der Waals surface area contributed by atoms with E-state index >= 15 is 0 Å². The van der Waals surface area contributed by atoms with Crippen LogP contribution in [-0.2, 0) is 9.59 Å². The molecule has 22 heavy (non-hydrogen) atoms. The molecule has 6 heteroatoms. The van der Waals surface area contributed by atoms with Crippen molar-refractivity contribution in [3.8, 4) is 0 Å². The first kappa shape index (κ1) is 18.9. The third-order valence-electron chi connectivity index (χ3n) is 5.24. The highest BCUT2D eigenvalue weighted by Gasteiger charge is 2.60. The molecule has 128 valence electrons. The lowest BCUT2D eigenvalue weighted by Gasteiger charge is -2.59. The van der Waals surface area contributed by atoms with E-state index in [1.165, 1.54) is 0 Å². The van der Waals surface area contributed by atoms with Crippen molar-refractivity contribution in [3.05, 3.63) is 0 Å². The monoisotopic (exact) mass is 316 g/mol. The Morgan fingerprint density at radius 3 is 1.09 bits per heavy atom. The molecule has 0 heterocycles. The Kier molecular flexibility index (Phi) is 5.62. The minimum Gasteiger partial charge on any atom is -0.481 e. The average Bonchev–Trinajstić information content (AvgIpc) is 2.46. The van der Waals surface area contributed by atoms with Crippen molar-refractivity contribution >= 4 is 11.9 Å². The molecular formula is C16H28O6. The van der Waals surface area contributed by atoms with Gasteiger partial charge in [-0.1, -0.05) is 27.7 Å². The van der Waals surface area contributed by atoms with Crippen LogP contribution >= 0.6 is 0 Å². The van der Waals surface area contributed by atoms with E-state index in [9.17, 15) is 19.8 Å². The second kappa shape index (κ2) is 6.54. The third kappa shape index (κ3) is 3.60. The maximum atomic E-state index is 10.5. The smallest absolute Gasteiger partial charge is 0.306 e. The summed E-state index contributed by atoms with van der Waals surface area (Å²) in [7, 11) is 0. The summed E-state index contributed by atoms with van der Waals surface area (Å²) < 4.78 is 0. The van der Waals surface area contributed by atoms with Gasteiger partial charge in [0.15, 0.2) is 0 Å². The van der Waals surface area contributed by atoms with Crippen LogP contribution in [0.15, 0.2) is 0 Å². The summed E-state index contributed by atoms with van der Waals surface area (Å²) in [5.74, 6) is -2.22. The number of carboxylic acid groups (broad SMARTS) is 2. The van der Waals surface area contributed by atoms with Crippen LogP contribution < -0.4 is 0 Å². The Bertz CT molecular complexity index is 368. The van der Waals surface area contributed by atoms with Crippen molar-refractivity contribution in [2.24, 2.45) is 22.7 Å². The van der Waals surface area contributed by atoms with Crippen molar-refractivity contribution in [2.75, 3.05) is 0 Å². The summed E-state index contributed by atoms with van der Waals surface area (Å²) in [6.07, 6.45) is 1.27. The molecule has 0 aromatic carbocycles. The zero-order valence-corrected chi connectivity index (χ0v) is 13.7. The van der Waals surface area contributed by atoms with Crippen molar-refractivity contribution < 1.29 is 30.0 Å². The van der Waals surface area contributed by atoms with E-state index in [4.69, 9.17) is 10.2 Å². The highest BCUT2D eigenvalue weighted by atomic mass is 16.4. The van der Waals surface area contributed by atoms with Gasteiger partial charge in [-0.15, -0.1) is 0 Å². The fourth-order valence-corrected chi connectivity index (χ4v) is 3.71. The SMILES string of the molecule is CC1(C)C(O)C(C)(C)C1O.O=C(O)C1CCC(C(=O)O)CC1. The molecule has 2 aliphatic carbocycles. The van der Waals surface area contributed by atoms with Gasteiger partial charge in [-0.3, -0.25) is 9.59 Å². The van der Waals surface area contributed by atoms with E-state index in [1.54, 1.807) is 0 Å². The molecular weight excluding hydrogens is 288 g/mol. The molecule has 0 radical (unpaired) electrons. The van der Waals surface area contributed by atoms with Crippen molar-refractivity contribution in [1.82, 2.24) is 0 Å². The Morgan fingerprint density at radius 1 is 0.727 bits per heavy atom. The van der Waals surface area contributed by atoms with E-state index in [1.807, 2.05) is 27.7 Å². The van der Waals surface area contributed by atoms with Crippen molar-refractivity contribution in [1.29, 1.82) is 0 Å². The predicted molar refractivity (Wildman–Crippen MR) is 80.3 cm³/mol. The zero-order chi connectivity index (χ0) is 17.3. The topological polar surface area (TPSA) is 115 Å². The van der Waals surface area contributed by atoms with E-state index < -0.39 is 11.9 Å². The summed E-state index contributed by atoms with van der Waals surface area (Å²) in [6, 6.07) is 0. The molecule has 6 nitrogen and oxygen atoms in total. The van der Waals surface area contributed by atoms with Crippen LogP contribution in [0.3, 0.4) is 0 Å². The molecule has 0 bridgehead atoms. The zero-order valence-electron chi connectivity index (χ0n) is 13.7. The molecule has 0 aromatic rings. The van der Waals surface area contributed by atoms with Gasteiger partial charge in [-0.05, 0) is 25.7 Å². The van der Waals surface area contributed by atoms with Gasteiger partial charge in [0.2, 0.25) is 0 Å². The Morgan fingerprint density at radius 2 is 0.955 bits per heavy atom. The van der Waals surface area contributed by atoms with Crippen LogP contribution in [0.2, 0.25) is 0 Å². The van der Waals surface area contributed by atoms with Crippen LogP contribution in [0.1, 0.15) is 53.4 Å². The Balaban J connectivity index is 0.000000224. The molecule has 0 amide bonds. The number of hydrogen-bond acceptors (Lipinski definition) is 4. The number of aliphatic hydroxyl groups is 2. The van der Waals surface area contributed by atoms with Gasteiger partial charge in [-0.25, -0.2) is 0 Å². The lowest BCUT2D eigenvalue weighted by Crippen LogP contribution is -2.67. The molecule has 0 aromatic heterocycles. The summed E-state index contributed by atoms with van der Waals surface area (Å²) in [5, 5.41) is 36.3. The highest BCUT2D eigenvalue weighted by molar-refractivity contribution is 5.72. The lowest BCUT2D eigenvalue weighted by molar-refractivity contribution is -0.247. The van der Waals surface area contributed by atoms with Crippen molar-refractivity contribution in [3.63, 3.8) is 0 Å². The number of carboxylic acids is 2. The van der Waals surface area contributed by atoms with Crippen molar-refractivity contribution in [2.45, 2.75) is 65.6 Å². The Labute approximate surface area is 131 Å². The molecule has 4 N–H and O–H groups in total. The normalized spacial score (nSPS) is 35.5. The number of carbonyl (C=O) groups is 2. The van der Waals surface area contributed by atoms with E-state index in [-0.39, 0.29) is 34.9 Å². The standard InChI is InChI=1S/C8H12O4.C8H16O2/c9-7(10)5-1-2-6(4-3-5)8(11)12;1-7(2)5(9)8(3,4)6(7)10/h5-6H,1-4H2,(H,9,10)(H,11,12);5-6,9-10H,1-4H3. The molecule has 0 atom stereocenters. The maximum Gasteiger partial charge on any atom is 0.306 e. The number of aliphatic hydroxyl groups excluding tert-OH is 2. The largest absolute Gasteiger partial charge is 0.481 e. The predicted octanol–water partition coefficient (Wildman–Crippen LogP) is 1.74. The molecule has 0 aliphatic heterocycles. The Hall–Kier alpha value is -1.14. The molecule has 2 aliphatic rings. The maximum absolute atomic E-state index is 10.5. The number of hydrogen-bond donors (Lipinski definition) is 4.